The van der Waals surface area contributed by atoms with Crippen LogP contribution < -0.4 is 5.32 Å². The predicted octanol–water partition coefficient (Wildman–Crippen LogP) is 5.44. The molecule has 0 saturated heterocycles. The zero-order valence-electron chi connectivity index (χ0n) is 19.3. The van der Waals surface area contributed by atoms with E-state index in [2.05, 4.69) is 10.3 Å². The average molecular weight is 442 g/mol. The van der Waals surface area contributed by atoms with Gasteiger partial charge in [-0.3, -0.25) is 9.78 Å². The van der Waals surface area contributed by atoms with E-state index in [1.165, 1.54) is 0 Å². The van der Waals surface area contributed by atoms with E-state index in [1.807, 2.05) is 86.0 Å². The molecule has 0 saturated carbocycles. The Hall–Kier alpha value is -3.93. The molecule has 6 nitrogen and oxygen atoms in total. The van der Waals surface area contributed by atoms with Gasteiger partial charge in [0.2, 0.25) is 5.91 Å². The van der Waals surface area contributed by atoms with Crippen molar-refractivity contribution in [2.45, 2.75) is 34.2 Å². The molecular formula is C27H27N3O3. The van der Waals surface area contributed by atoms with Gasteiger partial charge >= 0.3 is 5.97 Å². The molecule has 2 aromatic carbocycles. The summed E-state index contributed by atoms with van der Waals surface area (Å²) >= 11 is 0. The number of rotatable bonds is 6. The van der Waals surface area contributed by atoms with Crippen LogP contribution >= 0.6 is 0 Å². The summed E-state index contributed by atoms with van der Waals surface area (Å²) in [6.45, 7) is 7.79. The molecule has 0 atom stereocenters. The van der Waals surface area contributed by atoms with E-state index in [0.29, 0.717) is 17.9 Å². The number of para-hydroxylation sites is 1. The molecule has 0 aliphatic carbocycles. The number of benzene rings is 2. The Morgan fingerprint density at radius 3 is 2.42 bits per heavy atom. The Labute approximate surface area is 193 Å². The number of anilines is 1. The van der Waals surface area contributed by atoms with Crippen molar-refractivity contribution in [2.75, 3.05) is 11.9 Å². The molecule has 6 heteroatoms. The van der Waals surface area contributed by atoms with Crippen molar-refractivity contribution >= 4 is 28.5 Å². The van der Waals surface area contributed by atoms with Crippen LogP contribution in [0, 0.1) is 20.8 Å². The first kappa shape index (κ1) is 22.3. The number of aryl methyl sites for hydroxylation is 1. The monoisotopic (exact) mass is 441 g/mol. The Bertz CT molecular complexity index is 1340. The maximum Gasteiger partial charge on any atom is 0.340 e. The molecule has 0 radical (unpaired) electrons. The first-order chi connectivity index (χ1) is 15.9. The quantitative estimate of drug-likeness (QED) is 0.404. The molecule has 1 N–H and O–H groups in total. The lowest BCUT2D eigenvalue weighted by Crippen LogP contribution is -2.20. The molecule has 0 aliphatic rings. The third-order valence-electron chi connectivity index (χ3n) is 5.71. The Morgan fingerprint density at radius 2 is 1.70 bits per heavy atom. The van der Waals surface area contributed by atoms with Crippen molar-refractivity contribution in [1.29, 1.82) is 0 Å². The van der Waals surface area contributed by atoms with E-state index < -0.39 is 0 Å². The lowest BCUT2D eigenvalue weighted by Gasteiger charge is -2.14. The van der Waals surface area contributed by atoms with E-state index in [-0.39, 0.29) is 18.4 Å². The highest BCUT2D eigenvalue weighted by molar-refractivity contribution is 6.01. The molecule has 0 spiro atoms. The third kappa shape index (κ3) is 4.37. The number of nitrogens with one attached hydrogen (secondary N) is 1. The van der Waals surface area contributed by atoms with E-state index in [1.54, 1.807) is 6.92 Å². The van der Waals surface area contributed by atoms with Gasteiger partial charge in [0.1, 0.15) is 6.54 Å². The van der Waals surface area contributed by atoms with Gasteiger partial charge in [-0.15, -0.1) is 0 Å². The molecule has 1 amide bonds. The van der Waals surface area contributed by atoms with Crippen LogP contribution in [-0.2, 0) is 16.1 Å². The summed E-state index contributed by atoms with van der Waals surface area (Å²) in [4.78, 5) is 30.5. The van der Waals surface area contributed by atoms with Crippen molar-refractivity contribution in [1.82, 2.24) is 9.55 Å². The number of carbonyl (C=O) groups is 2. The SMILES string of the molecule is CCOC(=O)c1c(C)c(-c2ccccc2)n(CC(=O)Nc2cc(C)nc3ccccc23)c1C. The zero-order chi connectivity index (χ0) is 23.5. The van der Waals surface area contributed by atoms with Gasteiger partial charge in [0.25, 0.3) is 0 Å². The van der Waals surface area contributed by atoms with Crippen LogP contribution in [0.2, 0.25) is 0 Å². The fourth-order valence-electron chi connectivity index (χ4n) is 4.31. The van der Waals surface area contributed by atoms with Crippen molar-refractivity contribution < 1.29 is 14.3 Å². The largest absolute Gasteiger partial charge is 0.462 e. The van der Waals surface area contributed by atoms with E-state index >= 15 is 0 Å². The molecule has 4 rings (SSSR count). The molecule has 33 heavy (non-hydrogen) atoms. The van der Waals surface area contributed by atoms with Crippen molar-refractivity contribution in [3.05, 3.63) is 83.2 Å². The first-order valence-electron chi connectivity index (χ1n) is 11.0. The van der Waals surface area contributed by atoms with Crippen molar-refractivity contribution in [3.63, 3.8) is 0 Å². The van der Waals surface area contributed by atoms with Gasteiger partial charge in [-0.25, -0.2) is 4.79 Å². The van der Waals surface area contributed by atoms with Gasteiger partial charge in [0.15, 0.2) is 0 Å². The molecule has 168 valence electrons. The lowest BCUT2D eigenvalue weighted by molar-refractivity contribution is -0.116. The van der Waals surface area contributed by atoms with Crippen molar-refractivity contribution in [3.8, 4) is 11.3 Å². The highest BCUT2D eigenvalue weighted by Crippen LogP contribution is 2.32. The maximum atomic E-state index is 13.2. The summed E-state index contributed by atoms with van der Waals surface area (Å²) in [5.74, 6) is -0.559. The van der Waals surface area contributed by atoms with Gasteiger partial charge < -0.3 is 14.6 Å². The number of hydrogen-bond donors (Lipinski definition) is 1. The van der Waals surface area contributed by atoms with E-state index in [0.717, 1.165) is 39.1 Å². The maximum absolute atomic E-state index is 13.2. The van der Waals surface area contributed by atoms with Crippen LogP contribution in [0.3, 0.4) is 0 Å². The third-order valence-corrected chi connectivity index (χ3v) is 5.71. The summed E-state index contributed by atoms with van der Waals surface area (Å²) in [6, 6.07) is 19.4. The minimum Gasteiger partial charge on any atom is -0.462 e. The number of ether oxygens (including phenoxy) is 1. The standard InChI is InChI=1S/C27H27N3O3/c1-5-33-27(32)25-18(3)26(20-11-7-6-8-12-20)30(19(25)4)16-24(31)29-23-15-17(2)28-22-14-10-9-13-21(22)23/h6-15H,5,16H2,1-4H3,(H,28,29,31). The van der Waals surface area contributed by atoms with Gasteiger partial charge in [0.05, 0.1) is 29.1 Å². The summed E-state index contributed by atoms with van der Waals surface area (Å²) in [6.07, 6.45) is 0. The fourth-order valence-corrected chi connectivity index (χ4v) is 4.31. The second-order valence-corrected chi connectivity index (χ2v) is 7.98. The fraction of sp³-hybridized carbons (Fsp3) is 0.222. The number of esters is 1. The second kappa shape index (κ2) is 9.28. The number of nitrogens with zero attached hydrogens (tertiary/aromatic N) is 2. The molecule has 0 aliphatic heterocycles. The topological polar surface area (TPSA) is 73.2 Å². The number of pyridine rings is 1. The molecular weight excluding hydrogens is 414 g/mol. The smallest absolute Gasteiger partial charge is 0.340 e. The van der Waals surface area contributed by atoms with Crippen LogP contribution in [0.1, 0.15) is 34.2 Å². The first-order valence-corrected chi connectivity index (χ1v) is 11.0. The highest BCUT2D eigenvalue weighted by atomic mass is 16.5. The van der Waals surface area contributed by atoms with Crippen molar-refractivity contribution in [2.24, 2.45) is 0 Å². The minimum absolute atomic E-state index is 0.0615. The molecule has 4 aromatic rings. The molecule has 2 heterocycles. The van der Waals surface area contributed by atoms with Crippen LogP contribution in [0.25, 0.3) is 22.2 Å². The average Bonchev–Trinajstić information content (AvgIpc) is 3.03. The van der Waals surface area contributed by atoms with Crippen LogP contribution in [0.5, 0.6) is 0 Å². The van der Waals surface area contributed by atoms with Gasteiger partial charge in [0, 0.05) is 16.8 Å². The Kier molecular flexibility index (Phi) is 6.27. The number of hydrogen-bond acceptors (Lipinski definition) is 4. The second-order valence-electron chi connectivity index (χ2n) is 7.98. The van der Waals surface area contributed by atoms with Crippen LogP contribution in [0.4, 0.5) is 5.69 Å². The molecule has 0 bridgehead atoms. The number of aromatic nitrogens is 2. The highest BCUT2D eigenvalue weighted by Gasteiger charge is 2.25. The normalized spacial score (nSPS) is 10.9. The van der Waals surface area contributed by atoms with Gasteiger partial charge in [-0.05, 0) is 51.0 Å². The molecule has 2 aromatic heterocycles. The molecule has 0 fully saturated rings. The van der Waals surface area contributed by atoms with Crippen LogP contribution in [-0.4, -0.2) is 28.0 Å². The minimum atomic E-state index is -0.375. The lowest BCUT2D eigenvalue weighted by atomic mass is 10.1. The molecule has 0 unspecified atom stereocenters. The van der Waals surface area contributed by atoms with Gasteiger partial charge in [-0.1, -0.05) is 48.5 Å². The predicted molar refractivity (Wildman–Crippen MR) is 130 cm³/mol. The van der Waals surface area contributed by atoms with E-state index in [4.69, 9.17) is 4.74 Å². The van der Waals surface area contributed by atoms with Gasteiger partial charge in [-0.2, -0.15) is 0 Å². The zero-order valence-corrected chi connectivity index (χ0v) is 19.3. The Balaban J connectivity index is 1.74. The number of fused-ring (bicyclic) bond motifs is 1. The van der Waals surface area contributed by atoms with E-state index in [9.17, 15) is 9.59 Å². The Morgan fingerprint density at radius 1 is 1.00 bits per heavy atom. The number of amides is 1. The number of carbonyl (C=O) groups excluding carboxylic acids is 2. The summed E-state index contributed by atoms with van der Waals surface area (Å²) in [5.41, 5.74) is 6.16. The summed E-state index contributed by atoms with van der Waals surface area (Å²) in [5, 5.41) is 3.93. The summed E-state index contributed by atoms with van der Waals surface area (Å²) in [7, 11) is 0. The summed E-state index contributed by atoms with van der Waals surface area (Å²) < 4.78 is 7.19. The van der Waals surface area contributed by atoms with Crippen LogP contribution in [0.15, 0.2) is 60.7 Å².